The zero-order valence-electron chi connectivity index (χ0n) is 15.0. The third kappa shape index (κ3) is 3.25. The molecule has 2 aliphatic rings. The molecular weight excluding hydrogens is 377 g/mol. The molecule has 2 aliphatic heterocycles. The minimum absolute atomic E-state index is 0.0279. The fraction of sp³-hybridized carbons (Fsp3) is 0.529. The van der Waals surface area contributed by atoms with Crippen LogP contribution in [0.25, 0.3) is 10.9 Å². The Labute approximate surface area is 160 Å². The van der Waals surface area contributed by atoms with E-state index >= 15 is 0 Å². The standard InChI is InChI=1S/C15H15ClFN5OS.C2H6/c1-2-24-15-20-12-9-11(19-13(16)10(12)17)8(23)5-7-6-18-3-4-22(7)14(9)21-15;1-2/h7,18H,2-6H2,1H3;1-2H3. The lowest BCUT2D eigenvalue weighted by atomic mass is 10.1. The lowest BCUT2D eigenvalue weighted by Gasteiger charge is -2.36. The number of hydrogen-bond acceptors (Lipinski definition) is 7. The Bertz CT molecular complexity index is 850. The second kappa shape index (κ2) is 8.02. The maximum Gasteiger partial charge on any atom is 0.190 e. The highest BCUT2D eigenvalue weighted by molar-refractivity contribution is 7.99. The number of fused-ring (bicyclic) bond motifs is 2. The highest BCUT2D eigenvalue weighted by atomic mass is 35.5. The Morgan fingerprint density at radius 3 is 2.85 bits per heavy atom. The van der Waals surface area contributed by atoms with Gasteiger partial charge in [0.2, 0.25) is 0 Å². The highest BCUT2D eigenvalue weighted by Gasteiger charge is 2.35. The predicted molar refractivity (Wildman–Crippen MR) is 103 cm³/mol. The van der Waals surface area contributed by atoms with Crippen LogP contribution in [0.3, 0.4) is 0 Å². The summed E-state index contributed by atoms with van der Waals surface area (Å²) < 4.78 is 14.6. The van der Waals surface area contributed by atoms with Crippen molar-refractivity contribution in [2.75, 3.05) is 30.3 Å². The van der Waals surface area contributed by atoms with Crippen LogP contribution in [0.4, 0.5) is 10.2 Å². The molecule has 1 N–H and O–H groups in total. The smallest absolute Gasteiger partial charge is 0.190 e. The fourth-order valence-electron chi connectivity index (χ4n) is 3.24. The van der Waals surface area contributed by atoms with E-state index < -0.39 is 5.82 Å². The number of aromatic nitrogens is 3. The number of hydrogen-bond donors (Lipinski definition) is 1. The summed E-state index contributed by atoms with van der Waals surface area (Å²) in [4.78, 5) is 27.7. The summed E-state index contributed by atoms with van der Waals surface area (Å²) in [6, 6.07) is -0.0279. The molecule has 0 amide bonds. The van der Waals surface area contributed by atoms with E-state index in [9.17, 15) is 9.18 Å². The molecule has 1 saturated heterocycles. The van der Waals surface area contributed by atoms with Crippen LogP contribution in [0.5, 0.6) is 0 Å². The molecule has 6 nitrogen and oxygen atoms in total. The molecule has 1 unspecified atom stereocenters. The third-order valence-electron chi connectivity index (χ3n) is 4.29. The van der Waals surface area contributed by atoms with Crippen molar-refractivity contribution in [3.63, 3.8) is 0 Å². The molecule has 1 fully saturated rings. The number of Topliss-reactive ketones (excluding diaryl/α,β-unsaturated/α-hetero) is 1. The number of ketones is 1. The van der Waals surface area contributed by atoms with E-state index in [1.54, 1.807) is 0 Å². The van der Waals surface area contributed by atoms with E-state index in [-0.39, 0.29) is 28.2 Å². The quantitative estimate of drug-likeness (QED) is 0.473. The molecule has 0 saturated carbocycles. The average molecular weight is 398 g/mol. The van der Waals surface area contributed by atoms with Gasteiger partial charge in [-0.25, -0.2) is 19.3 Å². The number of carbonyl (C=O) groups is 1. The van der Waals surface area contributed by atoms with E-state index in [2.05, 4.69) is 25.2 Å². The summed E-state index contributed by atoms with van der Waals surface area (Å²) in [7, 11) is 0. The molecule has 2 aromatic rings. The summed E-state index contributed by atoms with van der Waals surface area (Å²) in [6.07, 6.45) is 0.295. The largest absolute Gasteiger partial charge is 0.350 e. The molecule has 4 heterocycles. The van der Waals surface area contributed by atoms with Gasteiger partial charge in [0.1, 0.15) is 17.0 Å². The Morgan fingerprint density at radius 1 is 1.35 bits per heavy atom. The first kappa shape index (κ1) is 19.3. The topological polar surface area (TPSA) is 71.0 Å². The second-order valence-electron chi connectivity index (χ2n) is 5.73. The van der Waals surface area contributed by atoms with Gasteiger partial charge in [-0.15, -0.1) is 0 Å². The van der Waals surface area contributed by atoms with Gasteiger partial charge in [0.05, 0.1) is 11.4 Å². The van der Waals surface area contributed by atoms with Crippen LogP contribution in [-0.2, 0) is 0 Å². The van der Waals surface area contributed by atoms with Crippen molar-refractivity contribution < 1.29 is 9.18 Å². The molecule has 4 rings (SSSR count). The number of piperazine rings is 1. The predicted octanol–water partition coefficient (Wildman–Crippen LogP) is 3.32. The van der Waals surface area contributed by atoms with Crippen molar-refractivity contribution in [1.29, 1.82) is 0 Å². The maximum atomic E-state index is 14.6. The van der Waals surface area contributed by atoms with Gasteiger partial charge < -0.3 is 10.2 Å². The Kier molecular flexibility index (Phi) is 5.94. The van der Waals surface area contributed by atoms with Gasteiger partial charge in [-0.2, -0.15) is 0 Å². The van der Waals surface area contributed by atoms with Crippen LogP contribution in [0.15, 0.2) is 5.16 Å². The Balaban J connectivity index is 0.000000948. The Morgan fingerprint density at radius 2 is 2.12 bits per heavy atom. The van der Waals surface area contributed by atoms with Gasteiger partial charge >= 0.3 is 0 Å². The zero-order chi connectivity index (χ0) is 18.8. The number of nitrogens with zero attached hydrogens (tertiary/aromatic N) is 4. The third-order valence-corrected chi connectivity index (χ3v) is 5.27. The molecule has 0 radical (unpaired) electrons. The lowest BCUT2D eigenvalue weighted by Crippen LogP contribution is -2.52. The molecule has 140 valence electrons. The van der Waals surface area contributed by atoms with E-state index in [1.165, 1.54) is 11.8 Å². The van der Waals surface area contributed by atoms with Gasteiger partial charge in [-0.05, 0) is 5.75 Å². The first-order valence-electron chi connectivity index (χ1n) is 8.80. The van der Waals surface area contributed by atoms with Crippen molar-refractivity contribution in [2.24, 2.45) is 0 Å². The highest BCUT2D eigenvalue weighted by Crippen LogP contribution is 2.37. The number of rotatable bonds is 2. The van der Waals surface area contributed by atoms with E-state index in [0.717, 1.165) is 12.3 Å². The average Bonchev–Trinajstić information content (AvgIpc) is 2.77. The maximum absolute atomic E-state index is 14.6. The first-order chi connectivity index (χ1) is 12.6. The van der Waals surface area contributed by atoms with Crippen LogP contribution < -0.4 is 10.2 Å². The number of carbonyl (C=O) groups excluding carboxylic acids is 1. The Hall–Kier alpha value is -1.51. The van der Waals surface area contributed by atoms with E-state index in [0.29, 0.717) is 35.9 Å². The number of pyridine rings is 1. The molecular formula is C17H21ClFN5OS. The van der Waals surface area contributed by atoms with Gasteiger partial charge in [0.15, 0.2) is 21.9 Å². The molecule has 0 bridgehead atoms. The number of halogens is 2. The van der Waals surface area contributed by atoms with Crippen LogP contribution in [0.2, 0.25) is 5.15 Å². The summed E-state index contributed by atoms with van der Waals surface area (Å²) in [5.74, 6) is 0.505. The van der Waals surface area contributed by atoms with Gasteiger partial charge in [-0.1, -0.05) is 44.1 Å². The summed E-state index contributed by atoms with van der Waals surface area (Å²) >= 11 is 7.35. The summed E-state index contributed by atoms with van der Waals surface area (Å²) in [6.45, 7) is 8.14. The lowest BCUT2D eigenvalue weighted by molar-refractivity contribution is 0.0969. The monoisotopic (exact) mass is 397 g/mol. The van der Waals surface area contributed by atoms with Crippen LogP contribution in [-0.4, -0.2) is 52.2 Å². The normalized spacial score (nSPS) is 18.9. The SMILES string of the molecule is CC.CCSc1nc2c3c(nc(Cl)c(F)c3n1)C(=O)CC1CNCCN21. The molecule has 1 atom stereocenters. The van der Waals surface area contributed by atoms with Crippen molar-refractivity contribution >= 4 is 45.9 Å². The minimum Gasteiger partial charge on any atom is -0.350 e. The van der Waals surface area contributed by atoms with E-state index in [4.69, 9.17) is 11.6 Å². The van der Waals surface area contributed by atoms with E-state index in [1.807, 2.05) is 20.8 Å². The number of thioether (sulfide) groups is 1. The minimum atomic E-state index is -0.696. The summed E-state index contributed by atoms with van der Waals surface area (Å²) in [5.41, 5.74) is 0.257. The fourth-order valence-corrected chi connectivity index (χ4v) is 3.98. The molecule has 0 aliphatic carbocycles. The molecule has 26 heavy (non-hydrogen) atoms. The van der Waals surface area contributed by atoms with Gasteiger partial charge in [-0.3, -0.25) is 4.79 Å². The van der Waals surface area contributed by atoms with Crippen LogP contribution >= 0.6 is 23.4 Å². The molecule has 9 heteroatoms. The van der Waals surface area contributed by atoms with Gasteiger partial charge in [0, 0.05) is 26.1 Å². The molecule has 0 spiro atoms. The molecule has 2 aromatic heterocycles. The number of nitrogens with one attached hydrogen (secondary N) is 1. The van der Waals surface area contributed by atoms with Crippen molar-refractivity contribution in [1.82, 2.24) is 20.3 Å². The summed E-state index contributed by atoms with van der Waals surface area (Å²) in [5, 5.41) is 3.84. The van der Waals surface area contributed by atoms with Gasteiger partial charge in [0.25, 0.3) is 0 Å². The number of anilines is 1. The second-order valence-corrected chi connectivity index (χ2v) is 7.32. The van der Waals surface area contributed by atoms with Crippen molar-refractivity contribution in [2.45, 2.75) is 38.4 Å². The van der Waals surface area contributed by atoms with Crippen LogP contribution in [0, 0.1) is 5.82 Å². The first-order valence-corrected chi connectivity index (χ1v) is 10.2. The van der Waals surface area contributed by atoms with Crippen molar-refractivity contribution in [3.8, 4) is 0 Å². The zero-order valence-corrected chi connectivity index (χ0v) is 16.5. The molecule has 0 aromatic carbocycles. The van der Waals surface area contributed by atoms with Crippen molar-refractivity contribution in [3.05, 3.63) is 16.7 Å². The van der Waals surface area contributed by atoms with Crippen LogP contribution in [0.1, 0.15) is 37.7 Å².